The molecule has 19 heavy (non-hydrogen) atoms. The highest BCUT2D eigenvalue weighted by atomic mass is 35.5. The predicted molar refractivity (Wildman–Crippen MR) is 74.8 cm³/mol. The van der Waals surface area contributed by atoms with Gasteiger partial charge in [-0.05, 0) is 24.4 Å². The molecular weight excluding hydrogens is 286 g/mol. The summed E-state index contributed by atoms with van der Waals surface area (Å²) in [6.45, 7) is 1.78. The number of primary amides is 1. The maximum absolute atomic E-state index is 12.0. The minimum Gasteiger partial charge on any atom is -0.366 e. The third-order valence-electron chi connectivity index (χ3n) is 2.39. The minimum absolute atomic E-state index is 0.246. The van der Waals surface area contributed by atoms with E-state index >= 15 is 0 Å². The molecule has 3 N–H and O–H groups in total. The number of pyridine rings is 1. The minimum atomic E-state index is -0.593. The Hall–Kier alpha value is -1.92. The second-order valence-corrected chi connectivity index (χ2v) is 5.11. The van der Waals surface area contributed by atoms with Crippen molar-refractivity contribution in [2.75, 3.05) is 5.32 Å². The predicted octanol–water partition coefficient (Wildman–Crippen LogP) is 2.46. The van der Waals surface area contributed by atoms with Crippen LogP contribution < -0.4 is 11.1 Å². The third kappa shape index (κ3) is 2.91. The number of hydrogen-bond acceptors (Lipinski definition) is 4. The first-order valence-electron chi connectivity index (χ1n) is 5.30. The lowest BCUT2D eigenvalue weighted by Gasteiger charge is -2.06. The van der Waals surface area contributed by atoms with Crippen molar-refractivity contribution in [2.45, 2.75) is 6.92 Å². The van der Waals surface area contributed by atoms with Crippen LogP contribution in [0.4, 0.5) is 5.00 Å². The lowest BCUT2D eigenvalue weighted by Crippen LogP contribution is -2.17. The molecule has 0 atom stereocenters. The summed E-state index contributed by atoms with van der Waals surface area (Å²) in [5.74, 6) is -1.02. The molecule has 0 bridgehead atoms. The number of thiophene rings is 1. The highest BCUT2D eigenvalue weighted by Crippen LogP contribution is 2.24. The normalized spacial score (nSPS) is 10.2. The van der Waals surface area contributed by atoms with Crippen LogP contribution in [0.5, 0.6) is 0 Å². The van der Waals surface area contributed by atoms with Gasteiger partial charge in [0.1, 0.15) is 5.00 Å². The van der Waals surface area contributed by atoms with Crippen molar-refractivity contribution in [2.24, 2.45) is 5.73 Å². The number of anilines is 1. The van der Waals surface area contributed by atoms with Crippen LogP contribution in [0.2, 0.25) is 5.02 Å². The monoisotopic (exact) mass is 295 g/mol. The van der Waals surface area contributed by atoms with Crippen LogP contribution in [0, 0.1) is 6.92 Å². The Kier molecular flexibility index (Phi) is 3.82. The molecule has 7 heteroatoms. The Morgan fingerprint density at radius 2 is 2.16 bits per heavy atom. The fourth-order valence-electron chi connectivity index (χ4n) is 1.46. The first-order valence-corrected chi connectivity index (χ1v) is 6.55. The van der Waals surface area contributed by atoms with E-state index in [0.29, 0.717) is 10.0 Å². The molecule has 5 nitrogen and oxygen atoms in total. The molecule has 0 saturated carbocycles. The van der Waals surface area contributed by atoms with E-state index in [4.69, 9.17) is 17.3 Å². The lowest BCUT2D eigenvalue weighted by molar-refractivity contribution is 0.100. The zero-order chi connectivity index (χ0) is 14.0. The van der Waals surface area contributed by atoms with Gasteiger partial charge < -0.3 is 11.1 Å². The van der Waals surface area contributed by atoms with Gasteiger partial charge in [0.15, 0.2) is 0 Å². The number of aromatic nitrogens is 1. The van der Waals surface area contributed by atoms with E-state index in [0.717, 1.165) is 5.69 Å². The zero-order valence-corrected chi connectivity index (χ0v) is 11.5. The number of nitrogens with two attached hydrogens (primary N) is 1. The van der Waals surface area contributed by atoms with Crippen LogP contribution in [-0.2, 0) is 0 Å². The largest absolute Gasteiger partial charge is 0.366 e. The topological polar surface area (TPSA) is 85.1 Å². The van der Waals surface area contributed by atoms with Crippen LogP contribution in [0.3, 0.4) is 0 Å². The quantitative estimate of drug-likeness (QED) is 0.912. The molecule has 2 amide bonds. The number of aryl methyl sites for hydroxylation is 1. The Morgan fingerprint density at radius 1 is 1.42 bits per heavy atom. The Labute approximate surface area is 118 Å². The second-order valence-electron chi connectivity index (χ2n) is 3.79. The number of carbonyl (C=O) groups is 2. The van der Waals surface area contributed by atoms with Gasteiger partial charge in [-0.25, -0.2) is 0 Å². The Balaban J connectivity index is 2.26. The SMILES string of the molecule is Cc1cc(Cl)c(C(=O)Nc2sccc2C(N)=O)cn1. The van der Waals surface area contributed by atoms with Crippen LogP contribution in [0.1, 0.15) is 26.4 Å². The van der Waals surface area contributed by atoms with Gasteiger partial charge in [0.25, 0.3) is 11.8 Å². The summed E-state index contributed by atoms with van der Waals surface area (Å²) in [6.07, 6.45) is 1.39. The molecule has 0 aromatic carbocycles. The van der Waals surface area contributed by atoms with E-state index in [9.17, 15) is 9.59 Å². The summed E-state index contributed by atoms with van der Waals surface area (Å²) in [5, 5.41) is 4.98. The fourth-order valence-corrected chi connectivity index (χ4v) is 2.54. The standard InChI is InChI=1S/C12H10ClN3O2S/c1-6-4-9(13)8(5-15-6)11(18)16-12-7(10(14)17)2-3-19-12/h2-5H,1H3,(H2,14,17)(H,16,18). The van der Waals surface area contributed by atoms with Crippen molar-refractivity contribution in [1.29, 1.82) is 0 Å². The molecule has 98 valence electrons. The average molecular weight is 296 g/mol. The number of carbonyl (C=O) groups excluding carboxylic acids is 2. The molecule has 0 unspecified atom stereocenters. The molecular formula is C12H10ClN3O2S. The molecule has 0 fully saturated rings. The van der Waals surface area contributed by atoms with Gasteiger partial charge in [0, 0.05) is 11.9 Å². The summed E-state index contributed by atoms with van der Waals surface area (Å²) >= 11 is 7.19. The molecule has 0 aliphatic heterocycles. The smallest absolute Gasteiger partial charge is 0.259 e. The molecule has 0 spiro atoms. The van der Waals surface area contributed by atoms with Gasteiger partial charge in [0.05, 0.1) is 16.1 Å². The van der Waals surface area contributed by atoms with Gasteiger partial charge in [-0.2, -0.15) is 0 Å². The first-order chi connectivity index (χ1) is 8.99. The number of rotatable bonds is 3. The zero-order valence-electron chi connectivity index (χ0n) is 9.94. The molecule has 2 aromatic heterocycles. The van der Waals surface area contributed by atoms with Gasteiger partial charge >= 0.3 is 0 Å². The molecule has 2 heterocycles. The van der Waals surface area contributed by atoms with E-state index in [2.05, 4.69) is 10.3 Å². The maximum Gasteiger partial charge on any atom is 0.259 e. The Bertz CT molecular complexity index is 654. The van der Waals surface area contributed by atoms with Crippen LogP contribution in [0.15, 0.2) is 23.7 Å². The van der Waals surface area contributed by atoms with Gasteiger partial charge in [-0.3, -0.25) is 14.6 Å². The highest BCUT2D eigenvalue weighted by Gasteiger charge is 2.16. The van der Waals surface area contributed by atoms with Crippen molar-refractivity contribution in [3.8, 4) is 0 Å². The number of nitrogens with one attached hydrogen (secondary N) is 1. The summed E-state index contributed by atoms with van der Waals surface area (Å²) in [7, 11) is 0. The van der Waals surface area contributed by atoms with Gasteiger partial charge in [-0.15, -0.1) is 11.3 Å². The van der Waals surface area contributed by atoms with Crippen molar-refractivity contribution < 1.29 is 9.59 Å². The summed E-state index contributed by atoms with van der Waals surface area (Å²) < 4.78 is 0. The number of amides is 2. The number of halogens is 1. The van der Waals surface area contributed by atoms with Crippen LogP contribution >= 0.6 is 22.9 Å². The van der Waals surface area contributed by atoms with Gasteiger partial charge in [0.2, 0.25) is 0 Å². The lowest BCUT2D eigenvalue weighted by atomic mass is 10.2. The van der Waals surface area contributed by atoms with E-state index < -0.39 is 11.8 Å². The molecule has 2 rings (SSSR count). The molecule has 0 radical (unpaired) electrons. The van der Waals surface area contributed by atoms with Crippen molar-refractivity contribution in [3.63, 3.8) is 0 Å². The van der Waals surface area contributed by atoms with Crippen molar-refractivity contribution in [1.82, 2.24) is 4.98 Å². The number of nitrogens with zero attached hydrogens (tertiary/aromatic N) is 1. The summed E-state index contributed by atoms with van der Waals surface area (Å²) in [5.41, 5.74) is 6.44. The molecule has 2 aromatic rings. The van der Waals surface area contributed by atoms with E-state index in [1.165, 1.54) is 17.5 Å². The highest BCUT2D eigenvalue weighted by molar-refractivity contribution is 7.14. The Morgan fingerprint density at radius 3 is 2.79 bits per heavy atom. The van der Waals surface area contributed by atoms with Gasteiger partial charge in [-0.1, -0.05) is 11.6 Å². The van der Waals surface area contributed by atoms with Crippen molar-refractivity contribution >= 4 is 39.8 Å². The van der Waals surface area contributed by atoms with E-state index in [1.807, 2.05) is 0 Å². The average Bonchev–Trinajstić information content (AvgIpc) is 2.76. The van der Waals surface area contributed by atoms with E-state index in [-0.39, 0.29) is 11.1 Å². The molecule has 0 saturated heterocycles. The van der Waals surface area contributed by atoms with Crippen LogP contribution in [0.25, 0.3) is 0 Å². The maximum atomic E-state index is 12.0. The first kappa shape index (κ1) is 13.5. The summed E-state index contributed by atoms with van der Waals surface area (Å²) in [4.78, 5) is 27.2. The second kappa shape index (κ2) is 5.38. The fraction of sp³-hybridized carbons (Fsp3) is 0.0833. The molecule has 0 aliphatic rings. The third-order valence-corrected chi connectivity index (χ3v) is 3.54. The van der Waals surface area contributed by atoms with Crippen LogP contribution in [-0.4, -0.2) is 16.8 Å². The molecule has 0 aliphatic carbocycles. The van der Waals surface area contributed by atoms with Crippen molar-refractivity contribution in [3.05, 3.63) is 45.6 Å². The summed E-state index contributed by atoms with van der Waals surface area (Å²) in [6, 6.07) is 3.15. The van der Waals surface area contributed by atoms with E-state index in [1.54, 1.807) is 24.4 Å². The number of hydrogen-bond donors (Lipinski definition) is 2.